The van der Waals surface area contributed by atoms with Gasteiger partial charge in [0.15, 0.2) is 0 Å². The molecule has 0 aliphatic rings. The molecule has 1 aromatic carbocycles. The zero-order valence-corrected chi connectivity index (χ0v) is 14.2. The van der Waals surface area contributed by atoms with E-state index in [1.807, 2.05) is 36.7 Å². The fourth-order valence-corrected chi connectivity index (χ4v) is 2.87. The fraction of sp³-hybridized carbons (Fsp3) is 0.316. The van der Waals surface area contributed by atoms with Gasteiger partial charge in [0.25, 0.3) is 0 Å². The van der Waals surface area contributed by atoms with Crippen LogP contribution in [0.2, 0.25) is 0 Å². The van der Waals surface area contributed by atoms with Crippen molar-refractivity contribution in [2.75, 3.05) is 0 Å². The zero-order valence-electron chi connectivity index (χ0n) is 14.2. The molecule has 1 aromatic heterocycles. The highest BCUT2D eigenvalue weighted by Gasteiger charge is 2.18. The number of rotatable bonds is 3. The van der Waals surface area contributed by atoms with Crippen molar-refractivity contribution in [2.45, 2.75) is 34.6 Å². The van der Waals surface area contributed by atoms with Gasteiger partial charge in [0.1, 0.15) is 12.8 Å². The van der Waals surface area contributed by atoms with E-state index >= 15 is 0 Å². The summed E-state index contributed by atoms with van der Waals surface area (Å²) in [5.41, 5.74) is 7.13. The number of benzene rings is 1. The Hall–Kier alpha value is -2.29. The molecule has 0 radical (unpaired) electrons. The van der Waals surface area contributed by atoms with Crippen LogP contribution in [0.15, 0.2) is 35.3 Å². The summed E-state index contributed by atoms with van der Waals surface area (Å²) < 4.78 is 1.90. The molecule has 0 fully saturated rings. The number of aromatic nitrogens is 1. The lowest BCUT2D eigenvalue weighted by molar-refractivity contribution is -0.674. The first-order valence-electron chi connectivity index (χ1n) is 7.44. The molecular formula is C19H23N2O+. The second-order valence-electron chi connectivity index (χ2n) is 5.86. The van der Waals surface area contributed by atoms with Crippen LogP contribution in [0.3, 0.4) is 0 Å². The third-order valence-electron chi connectivity index (χ3n) is 3.88. The van der Waals surface area contributed by atoms with Crippen molar-refractivity contribution in [3.05, 3.63) is 58.4 Å². The molecule has 0 aliphatic carbocycles. The lowest BCUT2D eigenvalue weighted by Crippen LogP contribution is -2.41. The molecule has 0 bridgehead atoms. The minimum atomic E-state index is 0.0554. The van der Waals surface area contributed by atoms with Crippen molar-refractivity contribution in [1.29, 1.82) is 0 Å². The van der Waals surface area contributed by atoms with Gasteiger partial charge >= 0.3 is 0 Å². The molecule has 0 aliphatic heterocycles. The lowest BCUT2D eigenvalue weighted by atomic mass is 10.1. The fourth-order valence-electron chi connectivity index (χ4n) is 2.87. The highest BCUT2D eigenvalue weighted by atomic mass is 16.1. The smallest absolute Gasteiger partial charge is 0.248 e. The molecule has 2 aromatic rings. The average Bonchev–Trinajstić information content (AvgIpc) is 2.42. The Kier molecular flexibility index (Phi) is 4.55. The van der Waals surface area contributed by atoms with Crippen molar-refractivity contribution in [1.82, 2.24) is 0 Å². The number of Topliss-reactive ketones (excluding diaryl/α,β-unsaturated/α-hetero) is 1. The predicted octanol–water partition coefficient (Wildman–Crippen LogP) is 3.78. The summed E-state index contributed by atoms with van der Waals surface area (Å²) in [6.45, 7) is 9.82. The second kappa shape index (κ2) is 6.22. The van der Waals surface area contributed by atoms with Gasteiger partial charge in [-0.2, -0.15) is 4.57 Å². The Labute approximate surface area is 132 Å². The number of ketones is 1. The van der Waals surface area contributed by atoms with Gasteiger partial charge in [-0.25, -0.2) is 4.99 Å². The van der Waals surface area contributed by atoms with Crippen molar-refractivity contribution >= 4 is 17.2 Å². The summed E-state index contributed by atoms with van der Waals surface area (Å²) in [4.78, 5) is 16.5. The molecule has 0 saturated heterocycles. The van der Waals surface area contributed by atoms with Gasteiger partial charge in [-0.1, -0.05) is 17.7 Å². The number of hydrogen-bond donors (Lipinski definition) is 0. The van der Waals surface area contributed by atoms with E-state index in [9.17, 15) is 4.79 Å². The topological polar surface area (TPSA) is 33.3 Å². The van der Waals surface area contributed by atoms with E-state index in [2.05, 4.69) is 32.9 Å². The van der Waals surface area contributed by atoms with Gasteiger partial charge in [0.05, 0.1) is 5.69 Å². The molecule has 22 heavy (non-hydrogen) atoms. The third kappa shape index (κ3) is 3.14. The standard InChI is InChI=1S/C19H23N2O/c1-12-10-13(2)19(14(3)11-12)20-15(4)17-8-7-9-18(16(5)22)21(17)6/h7-11H,1-6H3/q+1. The molecule has 2 rings (SSSR count). The Balaban J connectivity index is 2.56. The van der Waals surface area contributed by atoms with Gasteiger partial charge in [-0.3, -0.25) is 4.79 Å². The SMILES string of the molecule is CC(=O)c1cccc(C(C)=Nc2c(C)cc(C)cc2C)[n+]1C. The van der Waals surface area contributed by atoms with Crippen LogP contribution < -0.4 is 4.57 Å². The van der Waals surface area contributed by atoms with Crippen molar-refractivity contribution in [2.24, 2.45) is 12.0 Å². The molecule has 0 unspecified atom stereocenters. The van der Waals surface area contributed by atoms with E-state index in [-0.39, 0.29) is 5.78 Å². The molecule has 114 valence electrons. The molecule has 3 nitrogen and oxygen atoms in total. The van der Waals surface area contributed by atoms with Gasteiger partial charge < -0.3 is 0 Å². The first-order chi connectivity index (χ1) is 10.3. The Morgan fingerprint density at radius 2 is 1.55 bits per heavy atom. The van der Waals surface area contributed by atoms with E-state index in [1.165, 1.54) is 16.7 Å². The predicted molar refractivity (Wildman–Crippen MR) is 90.1 cm³/mol. The summed E-state index contributed by atoms with van der Waals surface area (Å²) >= 11 is 0. The van der Waals surface area contributed by atoms with Crippen LogP contribution in [0, 0.1) is 20.8 Å². The molecule has 0 atom stereocenters. The molecule has 0 amide bonds. The Morgan fingerprint density at radius 3 is 2.09 bits per heavy atom. The number of carbonyl (C=O) groups is 1. The van der Waals surface area contributed by atoms with E-state index in [1.54, 1.807) is 6.92 Å². The van der Waals surface area contributed by atoms with Crippen LogP contribution in [-0.2, 0) is 7.05 Å². The lowest BCUT2D eigenvalue weighted by Gasteiger charge is -2.08. The number of pyridine rings is 1. The van der Waals surface area contributed by atoms with Gasteiger partial charge in [0, 0.05) is 19.1 Å². The number of nitrogens with zero attached hydrogens (tertiary/aromatic N) is 2. The van der Waals surface area contributed by atoms with Crippen molar-refractivity contribution in [3.8, 4) is 0 Å². The summed E-state index contributed by atoms with van der Waals surface area (Å²) in [6, 6.07) is 10.0. The maximum absolute atomic E-state index is 11.7. The van der Waals surface area contributed by atoms with Crippen molar-refractivity contribution in [3.63, 3.8) is 0 Å². The summed E-state index contributed by atoms with van der Waals surface area (Å²) in [7, 11) is 1.90. The summed E-state index contributed by atoms with van der Waals surface area (Å²) in [6.07, 6.45) is 0. The Bertz CT molecular complexity index is 750. The highest BCUT2D eigenvalue weighted by Crippen LogP contribution is 2.25. The molecule has 3 heteroatoms. The Morgan fingerprint density at radius 1 is 1.00 bits per heavy atom. The normalized spacial score (nSPS) is 11.6. The maximum atomic E-state index is 11.7. The summed E-state index contributed by atoms with van der Waals surface area (Å²) in [5.74, 6) is 0.0554. The molecule has 0 N–H and O–H groups in total. The number of aliphatic imine (C=N–C) groups is 1. The molecule has 0 saturated carbocycles. The quantitative estimate of drug-likeness (QED) is 0.482. The first-order valence-corrected chi connectivity index (χ1v) is 7.44. The largest absolute Gasteiger partial charge is 0.288 e. The van der Waals surface area contributed by atoms with Crippen LogP contribution in [0.25, 0.3) is 0 Å². The number of aryl methyl sites for hydroxylation is 3. The monoisotopic (exact) mass is 295 g/mol. The number of carbonyl (C=O) groups excluding carboxylic acids is 1. The minimum absolute atomic E-state index is 0.0554. The number of hydrogen-bond acceptors (Lipinski definition) is 2. The zero-order chi connectivity index (χ0) is 16.4. The van der Waals surface area contributed by atoms with Crippen LogP contribution in [0.1, 0.15) is 46.7 Å². The van der Waals surface area contributed by atoms with E-state index in [4.69, 9.17) is 4.99 Å². The van der Waals surface area contributed by atoms with Gasteiger partial charge in [0.2, 0.25) is 17.2 Å². The highest BCUT2D eigenvalue weighted by molar-refractivity contribution is 5.98. The van der Waals surface area contributed by atoms with E-state index in [0.29, 0.717) is 5.69 Å². The second-order valence-corrected chi connectivity index (χ2v) is 5.86. The van der Waals surface area contributed by atoms with Gasteiger partial charge in [-0.15, -0.1) is 0 Å². The van der Waals surface area contributed by atoms with Crippen LogP contribution in [0.4, 0.5) is 5.69 Å². The average molecular weight is 295 g/mol. The van der Waals surface area contributed by atoms with Crippen LogP contribution in [-0.4, -0.2) is 11.5 Å². The van der Waals surface area contributed by atoms with Crippen LogP contribution >= 0.6 is 0 Å². The third-order valence-corrected chi connectivity index (χ3v) is 3.88. The molecule has 1 heterocycles. The molecular weight excluding hydrogens is 272 g/mol. The first kappa shape index (κ1) is 16.1. The van der Waals surface area contributed by atoms with Gasteiger partial charge in [-0.05, 0) is 44.9 Å². The molecule has 0 spiro atoms. The van der Waals surface area contributed by atoms with Crippen LogP contribution in [0.5, 0.6) is 0 Å². The maximum Gasteiger partial charge on any atom is 0.248 e. The minimum Gasteiger partial charge on any atom is -0.288 e. The van der Waals surface area contributed by atoms with E-state index in [0.717, 1.165) is 17.1 Å². The summed E-state index contributed by atoms with van der Waals surface area (Å²) in [5, 5.41) is 0. The van der Waals surface area contributed by atoms with Crippen molar-refractivity contribution < 1.29 is 9.36 Å². The van der Waals surface area contributed by atoms with E-state index < -0.39 is 0 Å².